The molecule has 4 rings (SSSR count). The number of hydrogen-bond acceptors (Lipinski definition) is 3. The number of rotatable bonds is 0. The predicted molar refractivity (Wildman–Crippen MR) is 98.5 cm³/mol. The molecule has 0 aliphatic heterocycles. The molecular formula is C21H36N2O. The van der Waals surface area contributed by atoms with Crippen molar-refractivity contribution >= 4 is 5.71 Å². The zero-order valence-corrected chi connectivity index (χ0v) is 16.0. The first-order chi connectivity index (χ1) is 11.2. The Morgan fingerprint density at radius 1 is 1.04 bits per heavy atom. The molecule has 0 radical (unpaired) electrons. The third-order valence-corrected chi connectivity index (χ3v) is 9.56. The van der Waals surface area contributed by atoms with Crippen LogP contribution in [0.5, 0.6) is 0 Å². The van der Waals surface area contributed by atoms with Crippen molar-refractivity contribution in [1.82, 2.24) is 0 Å². The first-order valence-electron chi connectivity index (χ1n) is 10.2. The molecule has 0 aromatic rings. The quantitative estimate of drug-likeness (QED) is 0.512. The normalized spacial score (nSPS) is 58.9. The summed E-state index contributed by atoms with van der Waals surface area (Å²) in [6.07, 6.45) is 9.81. The summed E-state index contributed by atoms with van der Waals surface area (Å²) < 4.78 is 0. The highest BCUT2D eigenvalue weighted by Crippen LogP contribution is 2.68. The lowest BCUT2D eigenvalue weighted by atomic mass is 9.44. The van der Waals surface area contributed by atoms with Crippen molar-refractivity contribution < 1.29 is 5.11 Å². The molecule has 3 N–H and O–H groups in total. The second-order valence-electron chi connectivity index (χ2n) is 10.4. The molecule has 0 bridgehead atoms. The standard InChI is InChI=1S/C21H36N2O/c1-13-12-19(2)14(11-18(13)23-22)5-6-15-16(19)7-9-20(3)17(15)8-10-21(20,4)24/h13-17,24H,5-12,22H2,1-4H3/b23-18-/t13-,14?,15?,16?,17?,19+,20+,21+/m1/s1. The van der Waals surface area contributed by atoms with Gasteiger partial charge in [0.1, 0.15) is 0 Å². The molecule has 0 aromatic carbocycles. The van der Waals surface area contributed by atoms with Gasteiger partial charge in [-0.3, -0.25) is 0 Å². The molecule has 0 amide bonds. The van der Waals surface area contributed by atoms with Crippen LogP contribution in [0.3, 0.4) is 0 Å². The van der Waals surface area contributed by atoms with Crippen molar-refractivity contribution in [2.45, 2.75) is 84.7 Å². The van der Waals surface area contributed by atoms with E-state index in [1.54, 1.807) is 0 Å². The Morgan fingerprint density at radius 2 is 1.75 bits per heavy atom. The van der Waals surface area contributed by atoms with Gasteiger partial charge in [-0.1, -0.05) is 20.8 Å². The average Bonchev–Trinajstić information content (AvgIpc) is 2.76. The molecule has 136 valence electrons. The lowest BCUT2D eigenvalue weighted by Crippen LogP contribution is -2.56. The van der Waals surface area contributed by atoms with Crippen molar-refractivity contribution in [3.8, 4) is 0 Å². The molecule has 24 heavy (non-hydrogen) atoms. The van der Waals surface area contributed by atoms with Gasteiger partial charge in [0, 0.05) is 5.71 Å². The van der Waals surface area contributed by atoms with E-state index < -0.39 is 5.60 Å². The van der Waals surface area contributed by atoms with E-state index in [4.69, 9.17) is 5.84 Å². The van der Waals surface area contributed by atoms with Gasteiger partial charge in [-0.15, -0.1) is 0 Å². The van der Waals surface area contributed by atoms with Crippen LogP contribution in [0.4, 0.5) is 0 Å². The Bertz CT molecular complexity index is 556. The lowest BCUT2D eigenvalue weighted by molar-refractivity contribution is -0.142. The van der Waals surface area contributed by atoms with Crippen molar-refractivity contribution in [2.75, 3.05) is 0 Å². The van der Waals surface area contributed by atoms with E-state index in [-0.39, 0.29) is 5.41 Å². The summed E-state index contributed by atoms with van der Waals surface area (Å²) >= 11 is 0. The Labute approximate surface area is 147 Å². The van der Waals surface area contributed by atoms with Crippen molar-refractivity contribution in [2.24, 2.45) is 51.4 Å². The summed E-state index contributed by atoms with van der Waals surface area (Å²) in [5, 5.41) is 15.1. The van der Waals surface area contributed by atoms with E-state index in [0.717, 1.165) is 36.5 Å². The second kappa shape index (κ2) is 5.22. The van der Waals surface area contributed by atoms with Crippen LogP contribution in [-0.2, 0) is 0 Å². The fraction of sp³-hybridized carbons (Fsp3) is 0.952. The van der Waals surface area contributed by atoms with E-state index in [1.165, 1.54) is 44.2 Å². The second-order valence-corrected chi connectivity index (χ2v) is 10.4. The van der Waals surface area contributed by atoms with Gasteiger partial charge in [0.15, 0.2) is 0 Å². The minimum atomic E-state index is -0.459. The number of fused-ring (bicyclic) bond motifs is 5. The smallest absolute Gasteiger partial charge is 0.0675 e. The molecule has 4 aliphatic carbocycles. The summed E-state index contributed by atoms with van der Waals surface area (Å²) in [7, 11) is 0. The zero-order chi connectivity index (χ0) is 17.3. The molecule has 4 aliphatic rings. The van der Waals surface area contributed by atoms with Gasteiger partial charge in [0.2, 0.25) is 0 Å². The van der Waals surface area contributed by atoms with Crippen LogP contribution in [0.15, 0.2) is 5.10 Å². The van der Waals surface area contributed by atoms with Crippen LogP contribution < -0.4 is 5.84 Å². The molecule has 3 heteroatoms. The van der Waals surface area contributed by atoms with Gasteiger partial charge in [-0.2, -0.15) is 5.10 Å². The van der Waals surface area contributed by atoms with Gasteiger partial charge < -0.3 is 10.9 Å². The van der Waals surface area contributed by atoms with Crippen LogP contribution in [0.1, 0.15) is 79.1 Å². The predicted octanol–water partition coefficient (Wildman–Crippen LogP) is 4.34. The van der Waals surface area contributed by atoms with Crippen LogP contribution in [-0.4, -0.2) is 16.4 Å². The Hall–Kier alpha value is -0.570. The fourth-order valence-corrected chi connectivity index (χ4v) is 7.84. The average molecular weight is 333 g/mol. The van der Waals surface area contributed by atoms with E-state index >= 15 is 0 Å². The Kier molecular flexibility index (Phi) is 3.67. The minimum absolute atomic E-state index is 0.140. The van der Waals surface area contributed by atoms with Gasteiger partial charge in [0.05, 0.1) is 5.60 Å². The maximum absolute atomic E-state index is 11.0. The van der Waals surface area contributed by atoms with E-state index in [9.17, 15) is 5.11 Å². The van der Waals surface area contributed by atoms with E-state index in [2.05, 4.69) is 32.8 Å². The number of nitrogens with two attached hydrogens (primary N) is 1. The number of hydrogen-bond donors (Lipinski definition) is 2. The summed E-state index contributed by atoms with van der Waals surface area (Å²) in [6.45, 7) is 9.39. The molecule has 0 saturated heterocycles. The lowest BCUT2D eigenvalue weighted by Gasteiger charge is -2.61. The third-order valence-electron chi connectivity index (χ3n) is 9.56. The van der Waals surface area contributed by atoms with Gasteiger partial charge in [-0.25, -0.2) is 0 Å². The molecule has 0 aromatic heterocycles. The SMILES string of the molecule is C[C@@H]1C[C@@]2(C)C(CCC3C2CC[C@@]2(C)C3CC[C@]2(C)O)C/C1=N/N. The summed E-state index contributed by atoms with van der Waals surface area (Å²) in [5.74, 6) is 9.36. The molecular weight excluding hydrogens is 296 g/mol. The highest BCUT2D eigenvalue weighted by Gasteiger charge is 2.63. The topological polar surface area (TPSA) is 58.6 Å². The number of aliphatic hydroxyl groups is 1. The number of nitrogens with zero attached hydrogens (tertiary/aromatic N) is 1. The summed E-state index contributed by atoms with van der Waals surface area (Å²) in [6, 6.07) is 0. The summed E-state index contributed by atoms with van der Waals surface area (Å²) in [5.41, 5.74) is 1.38. The van der Waals surface area contributed by atoms with Gasteiger partial charge >= 0.3 is 0 Å². The van der Waals surface area contributed by atoms with Crippen molar-refractivity contribution in [3.05, 3.63) is 0 Å². The minimum Gasteiger partial charge on any atom is -0.390 e. The summed E-state index contributed by atoms with van der Waals surface area (Å²) in [4.78, 5) is 0. The van der Waals surface area contributed by atoms with Crippen molar-refractivity contribution in [3.63, 3.8) is 0 Å². The van der Waals surface area contributed by atoms with Crippen molar-refractivity contribution in [1.29, 1.82) is 0 Å². The molecule has 0 spiro atoms. The largest absolute Gasteiger partial charge is 0.390 e. The maximum atomic E-state index is 11.0. The molecule has 0 heterocycles. The number of hydrazone groups is 1. The first kappa shape index (κ1) is 16.9. The van der Waals surface area contributed by atoms with Gasteiger partial charge in [-0.05, 0) is 98.7 Å². The molecule has 8 atom stereocenters. The molecule has 4 fully saturated rings. The highest BCUT2D eigenvalue weighted by molar-refractivity contribution is 5.87. The molecule has 4 unspecified atom stereocenters. The molecule has 3 nitrogen and oxygen atoms in total. The van der Waals surface area contributed by atoms with Crippen LogP contribution in [0.25, 0.3) is 0 Å². The maximum Gasteiger partial charge on any atom is 0.0675 e. The van der Waals surface area contributed by atoms with E-state index in [1.807, 2.05) is 0 Å². The Balaban J connectivity index is 1.64. The van der Waals surface area contributed by atoms with Crippen LogP contribution in [0, 0.1) is 40.4 Å². The first-order valence-corrected chi connectivity index (χ1v) is 10.2. The van der Waals surface area contributed by atoms with Crippen LogP contribution >= 0.6 is 0 Å². The van der Waals surface area contributed by atoms with Crippen LogP contribution in [0.2, 0.25) is 0 Å². The zero-order valence-electron chi connectivity index (χ0n) is 16.0. The molecule has 4 saturated carbocycles. The van der Waals surface area contributed by atoms with E-state index in [0.29, 0.717) is 11.3 Å². The van der Waals surface area contributed by atoms with Gasteiger partial charge in [0.25, 0.3) is 0 Å². The third kappa shape index (κ3) is 2.03. The highest BCUT2D eigenvalue weighted by atomic mass is 16.3. The fourth-order valence-electron chi connectivity index (χ4n) is 7.84. The Morgan fingerprint density at radius 3 is 2.46 bits per heavy atom. The monoisotopic (exact) mass is 332 g/mol.